The van der Waals surface area contributed by atoms with Gasteiger partial charge in [0, 0.05) is 31.4 Å². The predicted molar refractivity (Wildman–Crippen MR) is 167 cm³/mol. The Bertz CT molecular complexity index is 1650. The quantitative estimate of drug-likeness (QED) is 0.183. The van der Waals surface area contributed by atoms with Crippen LogP contribution in [0.25, 0.3) is 16.8 Å². The van der Waals surface area contributed by atoms with Gasteiger partial charge < -0.3 is 9.47 Å². The molecule has 0 N–H and O–H groups in total. The van der Waals surface area contributed by atoms with Crippen molar-refractivity contribution < 1.29 is 4.79 Å². The standard InChI is InChI=1S/C38H32N2O/c41-38(35-24-12-13-25-37(35)39-26-14-15-27-39)40(28-33-22-10-11-23-34(33)30-16-4-1-5-17-30)29-36(31-18-6-2-7-19-31)32-20-8-3-9-21-32/h1-27,36H,28-29H2. The maximum Gasteiger partial charge on any atom is 0.256 e. The molecule has 6 rings (SSSR count). The molecule has 0 atom stereocenters. The summed E-state index contributed by atoms with van der Waals surface area (Å²) in [6, 6.07) is 51.7. The van der Waals surface area contributed by atoms with Crippen molar-refractivity contribution >= 4 is 5.91 Å². The molecule has 5 aromatic carbocycles. The van der Waals surface area contributed by atoms with Gasteiger partial charge in [-0.2, -0.15) is 0 Å². The third-order valence-electron chi connectivity index (χ3n) is 7.57. The van der Waals surface area contributed by atoms with E-state index in [0.29, 0.717) is 18.7 Å². The number of benzene rings is 5. The minimum atomic E-state index is 0.00836. The first-order valence-electron chi connectivity index (χ1n) is 14.0. The van der Waals surface area contributed by atoms with Crippen molar-refractivity contribution in [3.05, 3.63) is 186 Å². The van der Waals surface area contributed by atoms with Crippen LogP contribution in [-0.2, 0) is 6.54 Å². The molecule has 0 fully saturated rings. The number of aromatic nitrogens is 1. The second-order valence-corrected chi connectivity index (χ2v) is 10.2. The van der Waals surface area contributed by atoms with Crippen LogP contribution in [0, 0.1) is 0 Å². The summed E-state index contributed by atoms with van der Waals surface area (Å²) in [6.07, 6.45) is 3.97. The number of rotatable bonds is 9. The largest absolute Gasteiger partial charge is 0.333 e. The Morgan fingerprint density at radius 2 is 1.12 bits per heavy atom. The molecule has 3 heteroatoms. The zero-order valence-electron chi connectivity index (χ0n) is 22.9. The van der Waals surface area contributed by atoms with Gasteiger partial charge in [-0.3, -0.25) is 4.79 Å². The van der Waals surface area contributed by atoms with Gasteiger partial charge in [-0.1, -0.05) is 127 Å². The van der Waals surface area contributed by atoms with Gasteiger partial charge in [0.2, 0.25) is 0 Å². The third-order valence-corrected chi connectivity index (χ3v) is 7.57. The second-order valence-electron chi connectivity index (χ2n) is 10.2. The molecule has 0 bridgehead atoms. The van der Waals surface area contributed by atoms with Crippen molar-refractivity contribution in [2.45, 2.75) is 12.5 Å². The van der Waals surface area contributed by atoms with E-state index in [9.17, 15) is 4.79 Å². The number of hydrogen-bond donors (Lipinski definition) is 0. The molecule has 1 aromatic heterocycles. The highest BCUT2D eigenvalue weighted by molar-refractivity contribution is 5.98. The van der Waals surface area contributed by atoms with E-state index >= 15 is 0 Å². The summed E-state index contributed by atoms with van der Waals surface area (Å²) in [7, 11) is 0. The molecule has 0 unspecified atom stereocenters. The summed E-state index contributed by atoms with van der Waals surface area (Å²) in [5, 5.41) is 0. The van der Waals surface area contributed by atoms with Crippen molar-refractivity contribution in [3.8, 4) is 16.8 Å². The summed E-state index contributed by atoms with van der Waals surface area (Å²) in [5.41, 5.74) is 7.33. The lowest BCUT2D eigenvalue weighted by Gasteiger charge is -2.30. The molecule has 0 aliphatic heterocycles. The summed E-state index contributed by atoms with van der Waals surface area (Å²) < 4.78 is 2.01. The SMILES string of the molecule is O=C(c1ccccc1-n1cccc1)N(Cc1ccccc1-c1ccccc1)CC(c1ccccc1)c1ccccc1. The van der Waals surface area contributed by atoms with Crippen molar-refractivity contribution in [2.75, 3.05) is 6.54 Å². The topological polar surface area (TPSA) is 25.2 Å². The molecular formula is C38H32N2O. The maximum absolute atomic E-state index is 14.6. The van der Waals surface area contributed by atoms with E-state index in [-0.39, 0.29) is 11.8 Å². The molecule has 1 heterocycles. The number of hydrogen-bond acceptors (Lipinski definition) is 1. The smallest absolute Gasteiger partial charge is 0.256 e. The van der Waals surface area contributed by atoms with E-state index in [1.165, 1.54) is 11.1 Å². The first-order valence-corrected chi connectivity index (χ1v) is 14.0. The number of carbonyl (C=O) groups excluding carboxylic acids is 1. The van der Waals surface area contributed by atoms with Crippen molar-refractivity contribution in [1.82, 2.24) is 9.47 Å². The van der Waals surface area contributed by atoms with E-state index in [1.54, 1.807) is 0 Å². The van der Waals surface area contributed by atoms with E-state index in [1.807, 2.05) is 76.5 Å². The van der Waals surface area contributed by atoms with Crippen molar-refractivity contribution in [1.29, 1.82) is 0 Å². The third kappa shape index (κ3) is 5.90. The summed E-state index contributed by atoms with van der Waals surface area (Å²) in [4.78, 5) is 16.6. The molecule has 0 aliphatic carbocycles. The van der Waals surface area contributed by atoms with Crippen LogP contribution in [0.4, 0.5) is 0 Å². The minimum absolute atomic E-state index is 0.00836. The highest BCUT2D eigenvalue weighted by Gasteiger charge is 2.25. The van der Waals surface area contributed by atoms with E-state index in [0.717, 1.165) is 22.4 Å². The molecule has 0 radical (unpaired) electrons. The highest BCUT2D eigenvalue weighted by Crippen LogP contribution is 2.30. The molecular weight excluding hydrogens is 500 g/mol. The molecule has 0 saturated heterocycles. The molecule has 0 spiro atoms. The Hall–Kier alpha value is -5.15. The normalized spacial score (nSPS) is 11.0. The Morgan fingerprint density at radius 3 is 1.78 bits per heavy atom. The van der Waals surface area contributed by atoms with Gasteiger partial charge in [0.25, 0.3) is 5.91 Å². The van der Waals surface area contributed by atoms with Gasteiger partial charge in [-0.05, 0) is 52.1 Å². The number of carbonyl (C=O) groups is 1. The van der Waals surface area contributed by atoms with Crippen LogP contribution in [0.5, 0.6) is 0 Å². The van der Waals surface area contributed by atoms with Gasteiger partial charge in [0.05, 0.1) is 11.3 Å². The Labute approximate surface area is 242 Å². The lowest BCUT2D eigenvalue weighted by molar-refractivity contribution is 0.0738. The van der Waals surface area contributed by atoms with Gasteiger partial charge in [-0.15, -0.1) is 0 Å². The van der Waals surface area contributed by atoms with Gasteiger partial charge in [0.1, 0.15) is 0 Å². The van der Waals surface area contributed by atoms with Crippen LogP contribution >= 0.6 is 0 Å². The average molecular weight is 533 g/mol. The maximum atomic E-state index is 14.6. The van der Waals surface area contributed by atoms with Crippen molar-refractivity contribution in [2.24, 2.45) is 0 Å². The predicted octanol–water partition coefficient (Wildman–Crippen LogP) is 8.62. The van der Waals surface area contributed by atoms with Crippen LogP contribution in [0.2, 0.25) is 0 Å². The molecule has 0 aliphatic rings. The summed E-state index contributed by atoms with van der Waals surface area (Å²) in [5.74, 6) is 0.0259. The van der Waals surface area contributed by atoms with Crippen LogP contribution in [0.3, 0.4) is 0 Å². The van der Waals surface area contributed by atoms with Crippen LogP contribution < -0.4 is 0 Å². The zero-order chi connectivity index (χ0) is 27.9. The summed E-state index contributed by atoms with van der Waals surface area (Å²) in [6.45, 7) is 1.02. The lowest BCUT2D eigenvalue weighted by Crippen LogP contribution is -2.35. The monoisotopic (exact) mass is 532 g/mol. The molecule has 200 valence electrons. The van der Waals surface area contributed by atoms with Crippen molar-refractivity contribution in [3.63, 3.8) is 0 Å². The molecule has 3 nitrogen and oxygen atoms in total. The van der Waals surface area contributed by atoms with E-state index in [4.69, 9.17) is 0 Å². The van der Waals surface area contributed by atoms with Gasteiger partial charge in [0.15, 0.2) is 0 Å². The van der Waals surface area contributed by atoms with E-state index in [2.05, 4.69) is 97.1 Å². The second kappa shape index (κ2) is 12.4. The number of nitrogens with zero attached hydrogens (tertiary/aromatic N) is 2. The molecule has 0 saturated carbocycles. The zero-order valence-corrected chi connectivity index (χ0v) is 22.9. The Kier molecular flexibility index (Phi) is 7.86. The van der Waals surface area contributed by atoms with Gasteiger partial charge >= 0.3 is 0 Å². The van der Waals surface area contributed by atoms with Crippen LogP contribution in [-0.4, -0.2) is 21.9 Å². The fraction of sp³-hybridized carbons (Fsp3) is 0.0789. The first kappa shape index (κ1) is 26.1. The minimum Gasteiger partial charge on any atom is -0.333 e. The Balaban J connectivity index is 1.45. The number of amides is 1. The van der Waals surface area contributed by atoms with Gasteiger partial charge in [-0.25, -0.2) is 0 Å². The molecule has 41 heavy (non-hydrogen) atoms. The fourth-order valence-corrected chi connectivity index (χ4v) is 5.52. The average Bonchev–Trinajstić information content (AvgIpc) is 3.59. The fourth-order valence-electron chi connectivity index (χ4n) is 5.52. The first-order chi connectivity index (χ1) is 20.3. The molecule has 6 aromatic rings. The van der Waals surface area contributed by atoms with E-state index < -0.39 is 0 Å². The number of para-hydroxylation sites is 1. The summed E-state index contributed by atoms with van der Waals surface area (Å²) >= 11 is 0. The van der Waals surface area contributed by atoms with Crippen LogP contribution in [0.15, 0.2) is 164 Å². The van der Waals surface area contributed by atoms with Crippen LogP contribution in [0.1, 0.15) is 33.0 Å². The lowest BCUT2D eigenvalue weighted by atomic mass is 9.90. The Morgan fingerprint density at radius 1 is 0.585 bits per heavy atom. The molecule has 1 amide bonds. The highest BCUT2D eigenvalue weighted by atomic mass is 16.2.